The zero-order valence-electron chi connectivity index (χ0n) is 12.8. The van der Waals surface area contributed by atoms with E-state index in [0.29, 0.717) is 16.4 Å². The Labute approximate surface area is 142 Å². The Morgan fingerprint density at radius 1 is 1.29 bits per heavy atom. The van der Waals surface area contributed by atoms with Gasteiger partial charge in [-0.3, -0.25) is 14.6 Å². The van der Waals surface area contributed by atoms with Gasteiger partial charge in [0.15, 0.2) is 5.69 Å². The van der Waals surface area contributed by atoms with Gasteiger partial charge in [-0.1, -0.05) is 0 Å². The minimum atomic E-state index is -0.398. The van der Waals surface area contributed by atoms with Gasteiger partial charge in [-0.05, 0) is 25.3 Å². The number of carbonyl (C=O) groups excluding carboxylic acids is 1. The van der Waals surface area contributed by atoms with Gasteiger partial charge in [0, 0.05) is 30.2 Å². The van der Waals surface area contributed by atoms with E-state index in [1.807, 2.05) is 16.9 Å². The molecule has 1 fully saturated rings. The zero-order valence-corrected chi connectivity index (χ0v) is 13.6. The third-order valence-corrected chi connectivity index (χ3v) is 4.90. The molecule has 3 aromatic heterocycles. The molecule has 0 N–H and O–H groups in total. The van der Waals surface area contributed by atoms with Crippen LogP contribution in [0.15, 0.2) is 42.4 Å². The second-order valence-corrected chi connectivity index (χ2v) is 6.41. The van der Waals surface area contributed by atoms with Crippen LogP contribution in [-0.4, -0.2) is 36.8 Å². The predicted molar refractivity (Wildman–Crippen MR) is 87.5 cm³/mol. The molecule has 0 aromatic carbocycles. The lowest BCUT2D eigenvalue weighted by Gasteiger charge is -2.20. The summed E-state index contributed by atoms with van der Waals surface area (Å²) in [6.07, 6.45) is 11.1. The molecular weight excluding hydrogens is 326 g/mol. The third-order valence-electron chi connectivity index (χ3n) is 4.04. The maximum atomic E-state index is 12.4. The summed E-state index contributed by atoms with van der Waals surface area (Å²) in [6.45, 7) is 0. The molecule has 0 spiro atoms. The highest BCUT2D eigenvalue weighted by molar-refractivity contribution is 7.13. The predicted octanol–water partition coefficient (Wildman–Crippen LogP) is 2.75. The van der Waals surface area contributed by atoms with E-state index in [1.165, 1.54) is 11.3 Å². The second kappa shape index (κ2) is 6.48. The van der Waals surface area contributed by atoms with Crippen molar-refractivity contribution in [3.63, 3.8) is 0 Å². The van der Waals surface area contributed by atoms with Crippen molar-refractivity contribution >= 4 is 17.3 Å². The minimum absolute atomic E-state index is 0.0991. The fourth-order valence-corrected chi connectivity index (χ4v) is 3.67. The molecule has 0 unspecified atom stereocenters. The second-order valence-electron chi connectivity index (χ2n) is 5.56. The van der Waals surface area contributed by atoms with Crippen LogP contribution in [-0.2, 0) is 4.74 Å². The third kappa shape index (κ3) is 2.92. The molecule has 1 aliphatic rings. The first-order valence-electron chi connectivity index (χ1n) is 7.73. The van der Waals surface area contributed by atoms with E-state index in [1.54, 1.807) is 30.2 Å². The lowest BCUT2D eigenvalue weighted by molar-refractivity contribution is 0.0204. The SMILES string of the molecule is O=C(O[C@@H]1CCC[C@H]1n1cccn1)c1csc(-c2cnccn2)n1. The average molecular weight is 341 g/mol. The van der Waals surface area contributed by atoms with Crippen LogP contribution in [0.4, 0.5) is 0 Å². The average Bonchev–Trinajstić information content (AvgIpc) is 3.36. The number of aromatic nitrogens is 5. The highest BCUT2D eigenvalue weighted by Gasteiger charge is 2.33. The first kappa shape index (κ1) is 14.9. The van der Waals surface area contributed by atoms with Crippen LogP contribution in [0.3, 0.4) is 0 Å². The van der Waals surface area contributed by atoms with Crippen LogP contribution >= 0.6 is 11.3 Å². The molecule has 0 saturated heterocycles. The quantitative estimate of drug-likeness (QED) is 0.679. The van der Waals surface area contributed by atoms with Crippen molar-refractivity contribution in [3.05, 3.63) is 48.1 Å². The van der Waals surface area contributed by atoms with Crippen LogP contribution in [0, 0.1) is 0 Å². The summed E-state index contributed by atoms with van der Waals surface area (Å²) in [5.74, 6) is -0.398. The van der Waals surface area contributed by atoms with Gasteiger partial charge in [-0.25, -0.2) is 9.78 Å². The Bertz CT molecular complexity index is 818. The monoisotopic (exact) mass is 341 g/mol. The normalized spacial score (nSPS) is 20.2. The molecule has 4 rings (SSSR count). The maximum Gasteiger partial charge on any atom is 0.358 e. The van der Waals surface area contributed by atoms with Crippen molar-refractivity contribution in [2.75, 3.05) is 0 Å². The number of hydrogen-bond acceptors (Lipinski definition) is 7. The van der Waals surface area contributed by atoms with Crippen LogP contribution in [0.5, 0.6) is 0 Å². The first-order valence-corrected chi connectivity index (χ1v) is 8.61. The van der Waals surface area contributed by atoms with E-state index in [9.17, 15) is 4.79 Å². The molecule has 24 heavy (non-hydrogen) atoms. The molecule has 1 aliphatic carbocycles. The Kier molecular flexibility index (Phi) is 4.04. The summed E-state index contributed by atoms with van der Waals surface area (Å²) < 4.78 is 7.56. The van der Waals surface area contributed by atoms with E-state index in [0.717, 1.165) is 19.3 Å². The molecule has 0 aliphatic heterocycles. The first-order chi connectivity index (χ1) is 11.8. The topological polar surface area (TPSA) is 82.8 Å². The van der Waals surface area contributed by atoms with Crippen LogP contribution in [0.25, 0.3) is 10.7 Å². The Morgan fingerprint density at radius 2 is 2.25 bits per heavy atom. The van der Waals surface area contributed by atoms with E-state index < -0.39 is 5.97 Å². The number of hydrogen-bond donors (Lipinski definition) is 0. The van der Waals surface area contributed by atoms with Crippen molar-refractivity contribution in [3.8, 4) is 10.7 Å². The number of carbonyl (C=O) groups is 1. The molecule has 3 aromatic rings. The van der Waals surface area contributed by atoms with Crippen LogP contribution in [0.1, 0.15) is 35.8 Å². The fraction of sp³-hybridized carbons (Fsp3) is 0.312. The largest absolute Gasteiger partial charge is 0.455 e. The molecule has 0 radical (unpaired) electrons. The van der Waals surface area contributed by atoms with Gasteiger partial charge in [0.05, 0.1) is 12.2 Å². The minimum Gasteiger partial charge on any atom is -0.455 e. The highest BCUT2D eigenvalue weighted by Crippen LogP contribution is 2.32. The summed E-state index contributed by atoms with van der Waals surface area (Å²) >= 11 is 1.36. The lowest BCUT2D eigenvalue weighted by Crippen LogP contribution is -2.25. The maximum absolute atomic E-state index is 12.4. The molecular formula is C16H15N5O2S. The number of ether oxygens (including phenoxy) is 1. The molecule has 3 heterocycles. The van der Waals surface area contributed by atoms with Gasteiger partial charge in [0.1, 0.15) is 16.8 Å². The van der Waals surface area contributed by atoms with Crippen molar-refractivity contribution in [1.29, 1.82) is 0 Å². The van der Waals surface area contributed by atoms with Gasteiger partial charge >= 0.3 is 5.97 Å². The standard InChI is InChI=1S/C16H15N5O2S/c22-16(12-10-24-15(20-12)11-9-17-6-7-18-11)23-14-4-1-3-13(14)21-8-2-5-19-21/h2,5-10,13-14H,1,3-4H2/t13-,14-/m1/s1. The Balaban J connectivity index is 1.48. The van der Waals surface area contributed by atoms with E-state index in [4.69, 9.17) is 4.74 Å². The van der Waals surface area contributed by atoms with Gasteiger partial charge in [0.2, 0.25) is 0 Å². The van der Waals surface area contributed by atoms with Crippen molar-refractivity contribution < 1.29 is 9.53 Å². The smallest absolute Gasteiger partial charge is 0.358 e. The van der Waals surface area contributed by atoms with Crippen molar-refractivity contribution in [2.45, 2.75) is 31.4 Å². The van der Waals surface area contributed by atoms with E-state index in [-0.39, 0.29) is 12.1 Å². The molecule has 1 saturated carbocycles. The summed E-state index contributed by atoms with van der Waals surface area (Å²) in [4.78, 5) is 25.0. The fourth-order valence-electron chi connectivity index (χ4n) is 2.92. The summed E-state index contributed by atoms with van der Waals surface area (Å²) in [7, 11) is 0. The van der Waals surface area contributed by atoms with Gasteiger partial charge in [0.25, 0.3) is 0 Å². The van der Waals surface area contributed by atoms with Crippen molar-refractivity contribution in [1.82, 2.24) is 24.7 Å². The van der Waals surface area contributed by atoms with Crippen molar-refractivity contribution in [2.24, 2.45) is 0 Å². The van der Waals surface area contributed by atoms with Crippen LogP contribution < -0.4 is 0 Å². The number of rotatable bonds is 4. The zero-order chi connectivity index (χ0) is 16.4. The van der Waals surface area contributed by atoms with E-state index in [2.05, 4.69) is 20.1 Å². The van der Waals surface area contributed by atoms with Crippen LogP contribution in [0.2, 0.25) is 0 Å². The molecule has 0 amide bonds. The number of thiazole rings is 1. The van der Waals surface area contributed by atoms with Gasteiger partial charge in [-0.15, -0.1) is 11.3 Å². The molecule has 7 nitrogen and oxygen atoms in total. The molecule has 0 bridgehead atoms. The summed E-state index contributed by atoms with van der Waals surface area (Å²) in [6, 6.07) is 1.98. The lowest BCUT2D eigenvalue weighted by atomic mass is 10.2. The number of esters is 1. The Morgan fingerprint density at radius 3 is 3.04 bits per heavy atom. The molecule has 122 valence electrons. The Hall–Kier alpha value is -2.61. The summed E-state index contributed by atoms with van der Waals surface area (Å²) in [5, 5.41) is 6.63. The van der Waals surface area contributed by atoms with Gasteiger partial charge in [-0.2, -0.15) is 5.10 Å². The summed E-state index contributed by atoms with van der Waals surface area (Å²) in [5.41, 5.74) is 0.962. The molecule has 8 heteroatoms. The highest BCUT2D eigenvalue weighted by atomic mass is 32.1. The number of nitrogens with zero attached hydrogens (tertiary/aromatic N) is 5. The van der Waals surface area contributed by atoms with E-state index >= 15 is 0 Å². The molecule has 2 atom stereocenters. The van der Waals surface area contributed by atoms with Gasteiger partial charge < -0.3 is 4.74 Å².